The van der Waals surface area contributed by atoms with Gasteiger partial charge < -0.3 is 4.74 Å². The molecule has 28 heavy (non-hydrogen) atoms. The number of aryl methyl sites for hydroxylation is 1. The number of aromatic nitrogens is 4. The fourth-order valence-corrected chi connectivity index (χ4v) is 4.13. The first kappa shape index (κ1) is 17.9. The molecule has 0 bridgehead atoms. The van der Waals surface area contributed by atoms with Gasteiger partial charge >= 0.3 is 0 Å². The molecule has 2 aromatic heterocycles. The van der Waals surface area contributed by atoms with E-state index in [-0.39, 0.29) is 10.6 Å². The average Bonchev–Trinajstić information content (AvgIpc) is 3.15. The molecular weight excluding hydrogens is 378 g/mol. The number of nitrogens with one attached hydrogen (secondary N) is 1. The van der Waals surface area contributed by atoms with Crippen molar-refractivity contribution in [1.29, 1.82) is 0 Å². The molecule has 0 saturated heterocycles. The van der Waals surface area contributed by atoms with Gasteiger partial charge in [0.05, 0.1) is 12.8 Å². The molecule has 142 valence electrons. The van der Waals surface area contributed by atoms with Crippen LogP contribution >= 0.6 is 0 Å². The maximum Gasteiger partial charge on any atom is 0.265 e. The minimum atomic E-state index is -3.82. The Hall–Kier alpha value is -3.46. The van der Waals surface area contributed by atoms with E-state index in [9.17, 15) is 8.42 Å². The molecule has 0 amide bonds. The Morgan fingerprint density at radius 3 is 2.75 bits per heavy atom. The highest BCUT2D eigenvalue weighted by atomic mass is 32.2. The van der Waals surface area contributed by atoms with Crippen LogP contribution in [0.5, 0.6) is 5.75 Å². The van der Waals surface area contributed by atoms with Gasteiger partial charge in [0, 0.05) is 11.3 Å². The van der Waals surface area contributed by atoms with Crippen LogP contribution in [0.15, 0.2) is 65.8 Å². The van der Waals surface area contributed by atoms with Gasteiger partial charge in [0.1, 0.15) is 17.0 Å². The number of rotatable bonds is 5. The van der Waals surface area contributed by atoms with Crippen molar-refractivity contribution in [2.24, 2.45) is 0 Å². The maximum atomic E-state index is 12.9. The number of benzene rings is 2. The van der Waals surface area contributed by atoms with Crippen molar-refractivity contribution in [3.8, 4) is 17.0 Å². The third kappa shape index (κ3) is 3.39. The van der Waals surface area contributed by atoms with Crippen molar-refractivity contribution in [3.63, 3.8) is 0 Å². The highest BCUT2D eigenvalue weighted by Gasteiger charge is 2.20. The maximum absolute atomic E-state index is 12.9. The van der Waals surface area contributed by atoms with E-state index in [0.717, 1.165) is 11.1 Å². The summed E-state index contributed by atoms with van der Waals surface area (Å²) in [6.07, 6.45) is 1.51. The second-order valence-electron chi connectivity index (χ2n) is 6.19. The average molecular weight is 395 g/mol. The van der Waals surface area contributed by atoms with E-state index in [1.807, 2.05) is 13.0 Å². The quantitative estimate of drug-likeness (QED) is 0.558. The molecule has 0 saturated carbocycles. The van der Waals surface area contributed by atoms with E-state index < -0.39 is 10.0 Å². The molecule has 0 aliphatic rings. The Labute approximate surface area is 161 Å². The van der Waals surface area contributed by atoms with E-state index in [1.54, 1.807) is 53.0 Å². The lowest BCUT2D eigenvalue weighted by molar-refractivity contribution is 0.402. The zero-order chi connectivity index (χ0) is 19.7. The molecule has 2 aromatic carbocycles. The van der Waals surface area contributed by atoms with Crippen LogP contribution in [0, 0.1) is 6.92 Å². The predicted molar refractivity (Wildman–Crippen MR) is 105 cm³/mol. The van der Waals surface area contributed by atoms with Gasteiger partial charge in [-0.15, -0.1) is 10.2 Å². The Bertz CT molecular complexity index is 1270. The minimum absolute atomic E-state index is 0.0874. The fourth-order valence-electron chi connectivity index (χ4n) is 2.83. The van der Waals surface area contributed by atoms with Gasteiger partial charge in [-0.25, -0.2) is 8.42 Å². The number of ether oxygens (including phenoxy) is 1. The highest BCUT2D eigenvalue weighted by molar-refractivity contribution is 7.92. The lowest BCUT2D eigenvalue weighted by atomic mass is 10.1. The molecule has 1 N–H and O–H groups in total. The Balaban J connectivity index is 1.69. The van der Waals surface area contributed by atoms with Crippen LogP contribution in [-0.2, 0) is 10.0 Å². The topological polar surface area (TPSA) is 98.5 Å². The van der Waals surface area contributed by atoms with Gasteiger partial charge in [0.15, 0.2) is 5.65 Å². The van der Waals surface area contributed by atoms with E-state index >= 15 is 0 Å². The lowest BCUT2D eigenvalue weighted by Gasteiger charge is -2.13. The van der Waals surface area contributed by atoms with Gasteiger partial charge in [0.25, 0.3) is 10.0 Å². The zero-order valence-corrected chi connectivity index (χ0v) is 16.0. The molecule has 0 spiro atoms. The summed E-state index contributed by atoms with van der Waals surface area (Å²) in [5, 5.41) is 12.2. The molecule has 4 aromatic rings. The SMILES string of the molecule is COc1ccc(C)cc1S(=O)(=O)Nc1cccc(-c2ccc3nncn3n2)c1. The number of hydrogen-bond donors (Lipinski definition) is 1. The molecular formula is C19H17N5O3S. The van der Waals surface area contributed by atoms with Crippen molar-refractivity contribution in [1.82, 2.24) is 19.8 Å². The Kier molecular flexibility index (Phi) is 4.44. The van der Waals surface area contributed by atoms with Gasteiger partial charge in [-0.2, -0.15) is 9.61 Å². The molecule has 0 aliphatic carbocycles. The van der Waals surface area contributed by atoms with Gasteiger partial charge in [-0.05, 0) is 48.9 Å². The molecule has 8 nitrogen and oxygen atoms in total. The lowest BCUT2D eigenvalue weighted by Crippen LogP contribution is -2.14. The van der Waals surface area contributed by atoms with Crippen molar-refractivity contribution < 1.29 is 13.2 Å². The van der Waals surface area contributed by atoms with Crippen LogP contribution in [0.3, 0.4) is 0 Å². The van der Waals surface area contributed by atoms with Crippen molar-refractivity contribution in [2.45, 2.75) is 11.8 Å². The number of nitrogens with zero attached hydrogens (tertiary/aromatic N) is 4. The van der Waals surface area contributed by atoms with E-state index in [1.165, 1.54) is 13.4 Å². The van der Waals surface area contributed by atoms with E-state index in [2.05, 4.69) is 20.0 Å². The van der Waals surface area contributed by atoms with Crippen LogP contribution in [0.2, 0.25) is 0 Å². The third-order valence-electron chi connectivity index (χ3n) is 4.18. The van der Waals surface area contributed by atoms with Crippen molar-refractivity contribution in [3.05, 3.63) is 66.5 Å². The highest BCUT2D eigenvalue weighted by Crippen LogP contribution is 2.28. The fraction of sp³-hybridized carbons (Fsp3) is 0.105. The molecule has 0 atom stereocenters. The summed E-state index contributed by atoms with van der Waals surface area (Å²) in [4.78, 5) is 0.0874. The van der Waals surface area contributed by atoms with Crippen LogP contribution in [0.1, 0.15) is 5.56 Å². The number of sulfonamides is 1. The first-order valence-electron chi connectivity index (χ1n) is 8.41. The standard InChI is InChI=1S/C19H17N5O3S/c1-13-6-8-17(27-2)18(10-13)28(25,26)23-15-5-3-4-14(11-15)16-7-9-19-21-20-12-24(19)22-16/h3-12,23H,1-2H3. The van der Waals surface area contributed by atoms with Gasteiger partial charge in [-0.1, -0.05) is 18.2 Å². The molecule has 0 fully saturated rings. The summed E-state index contributed by atoms with van der Waals surface area (Å²) >= 11 is 0. The Morgan fingerprint density at radius 2 is 1.93 bits per heavy atom. The predicted octanol–water partition coefficient (Wildman–Crippen LogP) is 2.91. The molecule has 4 rings (SSSR count). The molecule has 0 aliphatic heterocycles. The van der Waals surface area contributed by atoms with E-state index in [0.29, 0.717) is 17.0 Å². The van der Waals surface area contributed by atoms with E-state index in [4.69, 9.17) is 4.74 Å². The normalized spacial score (nSPS) is 11.5. The minimum Gasteiger partial charge on any atom is -0.495 e. The third-order valence-corrected chi connectivity index (χ3v) is 5.58. The molecule has 9 heteroatoms. The summed E-state index contributed by atoms with van der Waals surface area (Å²) in [7, 11) is -2.38. The number of anilines is 1. The van der Waals surface area contributed by atoms with Gasteiger partial charge in [-0.3, -0.25) is 4.72 Å². The molecule has 2 heterocycles. The summed E-state index contributed by atoms with van der Waals surface area (Å²) in [5.41, 5.74) is 3.30. The summed E-state index contributed by atoms with van der Waals surface area (Å²) in [6, 6.07) is 15.6. The van der Waals surface area contributed by atoms with Crippen molar-refractivity contribution in [2.75, 3.05) is 11.8 Å². The largest absolute Gasteiger partial charge is 0.495 e. The summed E-state index contributed by atoms with van der Waals surface area (Å²) in [5.74, 6) is 0.286. The Morgan fingerprint density at radius 1 is 1.07 bits per heavy atom. The molecule has 0 radical (unpaired) electrons. The van der Waals surface area contributed by atoms with Crippen LogP contribution in [-0.4, -0.2) is 35.3 Å². The second-order valence-corrected chi connectivity index (χ2v) is 7.84. The smallest absolute Gasteiger partial charge is 0.265 e. The number of methoxy groups -OCH3 is 1. The van der Waals surface area contributed by atoms with Gasteiger partial charge in [0.2, 0.25) is 0 Å². The second kappa shape index (κ2) is 6.93. The monoisotopic (exact) mass is 395 g/mol. The summed E-state index contributed by atoms with van der Waals surface area (Å²) in [6.45, 7) is 1.83. The molecule has 0 unspecified atom stereocenters. The van der Waals surface area contributed by atoms with Crippen LogP contribution < -0.4 is 9.46 Å². The van der Waals surface area contributed by atoms with Crippen LogP contribution in [0.4, 0.5) is 5.69 Å². The summed E-state index contributed by atoms with van der Waals surface area (Å²) < 4.78 is 35.2. The first-order valence-corrected chi connectivity index (χ1v) is 9.89. The number of fused-ring (bicyclic) bond motifs is 1. The van der Waals surface area contributed by atoms with Crippen LogP contribution in [0.25, 0.3) is 16.9 Å². The van der Waals surface area contributed by atoms with Crippen molar-refractivity contribution >= 4 is 21.4 Å². The number of hydrogen-bond acceptors (Lipinski definition) is 6. The first-order chi connectivity index (χ1) is 13.5. The zero-order valence-electron chi connectivity index (χ0n) is 15.2.